The molecule has 29 heavy (non-hydrogen) atoms. The van der Waals surface area contributed by atoms with E-state index in [0.29, 0.717) is 5.56 Å². The smallest absolute Gasteiger partial charge is 0.256 e. The number of carbonyl (C=O) groups excluding carboxylic acids is 1. The van der Waals surface area contributed by atoms with Crippen LogP contribution >= 0.6 is 11.8 Å². The first kappa shape index (κ1) is 19.8. The van der Waals surface area contributed by atoms with E-state index in [9.17, 15) is 4.79 Å². The summed E-state index contributed by atoms with van der Waals surface area (Å²) < 4.78 is 1.89. The molecule has 1 amide bonds. The second kappa shape index (κ2) is 7.38. The Morgan fingerprint density at radius 1 is 1.03 bits per heavy atom. The molecule has 0 atom stereocenters. The minimum Gasteiger partial charge on any atom is -0.306 e. The van der Waals surface area contributed by atoms with Crippen LogP contribution in [0.1, 0.15) is 59.1 Å². The van der Waals surface area contributed by atoms with Gasteiger partial charge in [-0.15, -0.1) is 0 Å². The first-order valence-electron chi connectivity index (χ1n) is 9.92. The Bertz CT molecular complexity index is 1070. The molecule has 5 heteroatoms. The fourth-order valence-electron chi connectivity index (χ4n) is 3.49. The van der Waals surface area contributed by atoms with Gasteiger partial charge in [-0.25, -0.2) is 4.68 Å². The predicted molar refractivity (Wildman–Crippen MR) is 121 cm³/mol. The van der Waals surface area contributed by atoms with Crippen LogP contribution in [-0.4, -0.2) is 15.7 Å². The van der Waals surface area contributed by atoms with E-state index < -0.39 is 0 Å². The lowest BCUT2D eigenvalue weighted by molar-refractivity contribution is 0.102. The molecule has 0 spiro atoms. The van der Waals surface area contributed by atoms with Gasteiger partial charge in [0.05, 0.1) is 11.4 Å². The number of nitrogens with zero attached hydrogens (tertiary/aromatic N) is 2. The number of amides is 1. The fourth-order valence-corrected chi connectivity index (χ4v) is 4.52. The van der Waals surface area contributed by atoms with Crippen LogP contribution in [0, 0.1) is 13.8 Å². The van der Waals surface area contributed by atoms with E-state index in [4.69, 9.17) is 5.10 Å². The van der Waals surface area contributed by atoms with E-state index in [1.54, 1.807) is 0 Å². The largest absolute Gasteiger partial charge is 0.306 e. The Morgan fingerprint density at radius 3 is 2.41 bits per heavy atom. The van der Waals surface area contributed by atoms with Crippen molar-refractivity contribution in [2.75, 3.05) is 5.32 Å². The van der Waals surface area contributed by atoms with Crippen molar-refractivity contribution in [1.29, 1.82) is 0 Å². The fraction of sp³-hybridized carbons (Fsp3) is 0.333. The molecular weight excluding hydrogens is 378 g/mol. The van der Waals surface area contributed by atoms with Crippen LogP contribution in [0.15, 0.2) is 42.5 Å². The molecule has 2 heterocycles. The first-order chi connectivity index (χ1) is 13.7. The van der Waals surface area contributed by atoms with E-state index in [2.05, 4.69) is 58.1 Å². The zero-order valence-corrected chi connectivity index (χ0v) is 18.5. The number of anilines is 1. The molecule has 0 bridgehead atoms. The Hall–Kier alpha value is -2.53. The molecule has 0 unspecified atom stereocenters. The van der Waals surface area contributed by atoms with Crippen molar-refractivity contribution in [3.8, 4) is 5.69 Å². The molecule has 4 rings (SSSR count). The van der Waals surface area contributed by atoms with E-state index in [0.717, 1.165) is 34.3 Å². The zero-order valence-electron chi connectivity index (χ0n) is 17.7. The number of carbonyl (C=O) groups is 1. The lowest BCUT2D eigenvalue weighted by atomic mass is 9.87. The zero-order chi connectivity index (χ0) is 20.8. The van der Waals surface area contributed by atoms with E-state index >= 15 is 0 Å². The molecule has 2 aromatic carbocycles. The molecule has 0 radical (unpaired) electrons. The Morgan fingerprint density at radius 2 is 1.76 bits per heavy atom. The second-order valence-corrected chi connectivity index (χ2v) is 9.71. The van der Waals surface area contributed by atoms with Crippen LogP contribution in [-0.2, 0) is 16.9 Å². The minimum absolute atomic E-state index is 0.0645. The number of fused-ring (bicyclic) bond motifs is 1. The standard InChI is InChI=1S/C24H27N3OS/c1-15-6-11-19(12-16(15)2)27-22(20-13-29-14-21(20)26-27)25-23(28)17-7-9-18(10-8-17)24(3,4)5/h6-12H,13-14H2,1-5H3,(H,25,28). The Kier molecular flexibility index (Phi) is 5.03. The van der Waals surface area contributed by atoms with Gasteiger partial charge < -0.3 is 5.32 Å². The second-order valence-electron chi connectivity index (χ2n) is 8.73. The van der Waals surface area contributed by atoms with Gasteiger partial charge in [-0.05, 0) is 60.2 Å². The van der Waals surface area contributed by atoms with Crippen molar-refractivity contribution in [1.82, 2.24) is 9.78 Å². The molecule has 1 aliphatic heterocycles. The van der Waals surface area contributed by atoms with Gasteiger partial charge in [0.2, 0.25) is 0 Å². The van der Waals surface area contributed by atoms with Crippen LogP contribution in [0.2, 0.25) is 0 Å². The summed E-state index contributed by atoms with van der Waals surface area (Å²) in [5.41, 5.74) is 7.56. The molecule has 4 nitrogen and oxygen atoms in total. The Labute approximate surface area is 176 Å². The summed E-state index contributed by atoms with van der Waals surface area (Å²) in [6, 6.07) is 14.2. The molecule has 1 aromatic heterocycles. The number of hydrogen-bond donors (Lipinski definition) is 1. The third-order valence-corrected chi connectivity index (χ3v) is 6.50. The van der Waals surface area contributed by atoms with Crippen LogP contribution in [0.4, 0.5) is 5.82 Å². The summed E-state index contributed by atoms with van der Waals surface area (Å²) in [4.78, 5) is 13.0. The summed E-state index contributed by atoms with van der Waals surface area (Å²) in [6.45, 7) is 10.7. The van der Waals surface area contributed by atoms with Crippen LogP contribution in [0.25, 0.3) is 5.69 Å². The van der Waals surface area contributed by atoms with Crippen molar-refractivity contribution in [2.24, 2.45) is 0 Å². The van der Waals surface area contributed by atoms with Gasteiger partial charge in [0.25, 0.3) is 5.91 Å². The number of benzene rings is 2. The maximum Gasteiger partial charge on any atom is 0.256 e. The molecule has 1 N–H and O–H groups in total. The highest BCUT2D eigenvalue weighted by atomic mass is 32.2. The number of nitrogens with one attached hydrogen (secondary N) is 1. The van der Waals surface area contributed by atoms with Gasteiger partial charge in [0, 0.05) is 22.6 Å². The third-order valence-electron chi connectivity index (χ3n) is 5.53. The molecule has 0 fully saturated rings. The van der Waals surface area contributed by atoms with Crippen molar-refractivity contribution in [2.45, 2.75) is 51.5 Å². The summed E-state index contributed by atoms with van der Waals surface area (Å²) in [7, 11) is 0. The number of hydrogen-bond acceptors (Lipinski definition) is 3. The van der Waals surface area contributed by atoms with Crippen molar-refractivity contribution in [3.05, 3.63) is 76.0 Å². The quantitative estimate of drug-likeness (QED) is 0.600. The van der Waals surface area contributed by atoms with Gasteiger partial charge in [-0.1, -0.05) is 39.0 Å². The van der Waals surface area contributed by atoms with Crippen LogP contribution in [0.5, 0.6) is 0 Å². The SMILES string of the molecule is Cc1ccc(-n2nc3c(c2NC(=O)c2ccc(C(C)(C)C)cc2)CSC3)cc1C. The molecule has 0 saturated heterocycles. The topological polar surface area (TPSA) is 46.9 Å². The molecular formula is C24H27N3OS. The van der Waals surface area contributed by atoms with Gasteiger partial charge in [-0.2, -0.15) is 16.9 Å². The van der Waals surface area contributed by atoms with E-state index in [1.165, 1.54) is 16.7 Å². The van der Waals surface area contributed by atoms with Crippen LogP contribution in [0.3, 0.4) is 0 Å². The third kappa shape index (κ3) is 3.84. The highest BCUT2D eigenvalue weighted by Crippen LogP contribution is 2.36. The lowest BCUT2D eigenvalue weighted by Gasteiger charge is -2.19. The average Bonchev–Trinajstić information content (AvgIpc) is 3.26. The summed E-state index contributed by atoms with van der Waals surface area (Å²) in [6.07, 6.45) is 0. The van der Waals surface area contributed by atoms with Gasteiger partial charge in [0.1, 0.15) is 5.82 Å². The number of aryl methyl sites for hydroxylation is 2. The summed E-state index contributed by atoms with van der Waals surface area (Å²) >= 11 is 1.83. The maximum atomic E-state index is 13.0. The Balaban J connectivity index is 1.68. The maximum absolute atomic E-state index is 13.0. The highest BCUT2D eigenvalue weighted by molar-refractivity contribution is 7.98. The molecule has 1 aliphatic rings. The monoisotopic (exact) mass is 405 g/mol. The number of thioether (sulfide) groups is 1. The van der Waals surface area contributed by atoms with Crippen LogP contribution < -0.4 is 5.32 Å². The highest BCUT2D eigenvalue weighted by Gasteiger charge is 2.25. The normalized spacial score (nSPS) is 13.4. The molecule has 150 valence electrons. The molecule has 0 aliphatic carbocycles. The average molecular weight is 406 g/mol. The van der Waals surface area contributed by atoms with E-state index in [1.807, 2.05) is 40.7 Å². The molecule has 3 aromatic rings. The predicted octanol–water partition coefficient (Wildman–Crippen LogP) is 5.79. The van der Waals surface area contributed by atoms with Crippen molar-refractivity contribution in [3.63, 3.8) is 0 Å². The number of aromatic nitrogens is 2. The minimum atomic E-state index is -0.102. The summed E-state index contributed by atoms with van der Waals surface area (Å²) in [5.74, 6) is 2.45. The molecule has 0 saturated carbocycles. The van der Waals surface area contributed by atoms with Gasteiger partial charge in [0.15, 0.2) is 0 Å². The van der Waals surface area contributed by atoms with Gasteiger partial charge >= 0.3 is 0 Å². The van der Waals surface area contributed by atoms with Crippen molar-refractivity contribution < 1.29 is 4.79 Å². The van der Waals surface area contributed by atoms with Crippen molar-refractivity contribution >= 4 is 23.5 Å². The number of rotatable bonds is 3. The lowest BCUT2D eigenvalue weighted by Crippen LogP contribution is -2.17. The van der Waals surface area contributed by atoms with E-state index in [-0.39, 0.29) is 11.3 Å². The first-order valence-corrected chi connectivity index (χ1v) is 11.1. The van der Waals surface area contributed by atoms with Gasteiger partial charge in [-0.3, -0.25) is 4.79 Å². The summed E-state index contributed by atoms with van der Waals surface area (Å²) in [5, 5.41) is 7.95.